The normalized spacial score (nSPS) is 26.7. The predicted octanol–water partition coefficient (Wildman–Crippen LogP) is 4.42. The van der Waals surface area contributed by atoms with E-state index in [9.17, 15) is 5.11 Å². The van der Waals surface area contributed by atoms with Crippen LogP contribution < -0.4 is 0 Å². The number of hydrogen-bond donors (Lipinski definition) is 1. The number of thioether (sulfide) groups is 1. The summed E-state index contributed by atoms with van der Waals surface area (Å²) < 4.78 is 6.10. The van der Waals surface area contributed by atoms with Crippen molar-refractivity contribution in [1.82, 2.24) is 4.90 Å². The highest BCUT2D eigenvalue weighted by Crippen LogP contribution is 2.43. The van der Waals surface area contributed by atoms with Crippen LogP contribution in [-0.2, 0) is 10.3 Å². The van der Waals surface area contributed by atoms with E-state index in [1.165, 1.54) is 4.90 Å². The molecule has 0 aromatic heterocycles. The van der Waals surface area contributed by atoms with Crippen LogP contribution in [0.3, 0.4) is 0 Å². The topological polar surface area (TPSA) is 32.7 Å². The number of ether oxygens (including phenoxy) is 1. The van der Waals surface area contributed by atoms with Gasteiger partial charge in [0.05, 0.1) is 11.7 Å². The third-order valence-electron chi connectivity index (χ3n) is 4.89. The van der Waals surface area contributed by atoms with Crippen LogP contribution in [0.5, 0.6) is 0 Å². The van der Waals surface area contributed by atoms with Crippen molar-refractivity contribution in [3.8, 4) is 0 Å². The van der Waals surface area contributed by atoms with Crippen molar-refractivity contribution in [2.45, 2.75) is 49.7 Å². The second-order valence-electron chi connectivity index (χ2n) is 7.74. The molecule has 1 fully saturated rings. The van der Waals surface area contributed by atoms with Crippen molar-refractivity contribution in [2.75, 3.05) is 33.5 Å². The molecule has 3 nitrogen and oxygen atoms in total. The molecule has 5 heteroatoms. The average molecular weight is 388 g/mol. The Bertz CT molecular complexity index is 526. The Morgan fingerprint density at radius 2 is 2.08 bits per heavy atom. The zero-order valence-electron chi connectivity index (χ0n) is 16.2. The Morgan fingerprint density at radius 1 is 1.36 bits per heavy atom. The first-order valence-electron chi connectivity index (χ1n) is 8.98. The van der Waals surface area contributed by atoms with E-state index in [4.69, 9.17) is 4.74 Å². The lowest BCUT2D eigenvalue weighted by molar-refractivity contribution is -0.110. The summed E-state index contributed by atoms with van der Waals surface area (Å²) in [4.78, 5) is 3.39. The van der Waals surface area contributed by atoms with Gasteiger partial charge in [-0.3, -0.25) is 0 Å². The Labute approximate surface area is 163 Å². The summed E-state index contributed by atoms with van der Waals surface area (Å²) in [6.07, 6.45) is 4.96. The average Bonchev–Trinajstić information content (AvgIpc) is 2.55. The lowest BCUT2D eigenvalue weighted by Gasteiger charge is -2.44. The zero-order valence-corrected chi connectivity index (χ0v) is 17.8. The van der Waals surface area contributed by atoms with Gasteiger partial charge in [-0.05, 0) is 63.2 Å². The number of hydrogen-bond acceptors (Lipinski definition) is 4. The molecule has 25 heavy (non-hydrogen) atoms. The van der Waals surface area contributed by atoms with Crippen LogP contribution in [0.2, 0.25) is 0 Å². The summed E-state index contributed by atoms with van der Waals surface area (Å²) in [6.45, 7) is 6.05. The Morgan fingerprint density at radius 3 is 2.68 bits per heavy atom. The first-order valence-corrected chi connectivity index (χ1v) is 10.2. The van der Waals surface area contributed by atoms with Gasteiger partial charge in [0.25, 0.3) is 0 Å². The third-order valence-corrected chi connectivity index (χ3v) is 5.62. The summed E-state index contributed by atoms with van der Waals surface area (Å²) in [6, 6.07) is 8.41. The molecule has 0 bridgehead atoms. The van der Waals surface area contributed by atoms with Crippen molar-refractivity contribution in [1.29, 1.82) is 0 Å². The van der Waals surface area contributed by atoms with Gasteiger partial charge in [-0.25, -0.2) is 0 Å². The Kier molecular flexibility index (Phi) is 9.27. The number of rotatable bonds is 7. The van der Waals surface area contributed by atoms with Gasteiger partial charge in [-0.15, -0.1) is 24.2 Å². The second-order valence-corrected chi connectivity index (χ2v) is 8.62. The standard InChI is InChI=1S/C20H33NO2S.ClH/c1-15(2)14-23-18-9-10-20(22,17(11-18)13-21(3)4)16-7-6-8-19(12-16)24-5;/h6-8,12,15,17-18,22H,9-11,13-14H2,1-5H3;1H. The van der Waals surface area contributed by atoms with E-state index in [0.29, 0.717) is 5.92 Å². The summed E-state index contributed by atoms with van der Waals surface area (Å²) in [5, 5.41) is 11.6. The number of nitrogens with zero attached hydrogens (tertiary/aromatic N) is 1. The molecule has 0 saturated heterocycles. The Hall–Kier alpha value is -0.260. The quantitative estimate of drug-likeness (QED) is 0.702. The van der Waals surface area contributed by atoms with Crippen LogP contribution in [0.25, 0.3) is 0 Å². The molecule has 1 aromatic rings. The second kappa shape index (κ2) is 10.2. The number of halogens is 1. The van der Waals surface area contributed by atoms with Gasteiger partial charge in [0.15, 0.2) is 0 Å². The molecule has 1 aliphatic carbocycles. The predicted molar refractivity (Wildman–Crippen MR) is 110 cm³/mol. The highest BCUT2D eigenvalue weighted by atomic mass is 35.5. The fourth-order valence-electron chi connectivity index (χ4n) is 3.63. The van der Waals surface area contributed by atoms with Crippen molar-refractivity contribution in [2.24, 2.45) is 11.8 Å². The highest BCUT2D eigenvalue weighted by molar-refractivity contribution is 7.98. The van der Waals surface area contributed by atoms with Gasteiger partial charge in [-0.2, -0.15) is 0 Å². The van der Waals surface area contributed by atoms with Crippen molar-refractivity contribution in [3.63, 3.8) is 0 Å². The molecule has 1 saturated carbocycles. The summed E-state index contributed by atoms with van der Waals surface area (Å²) in [5.41, 5.74) is 0.303. The fraction of sp³-hybridized carbons (Fsp3) is 0.700. The van der Waals surface area contributed by atoms with Gasteiger partial charge in [0.2, 0.25) is 0 Å². The molecular weight excluding hydrogens is 354 g/mol. The molecule has 3 atom stereocenters. The molecule has 2 rings (SSSR count). The largest absolute Gasteiger partial charge is 0.385 e. The summed E-state index contributed by atoms with van der Waals surface area (Å²) >= 11 is 1.73. The van der Waals surface area contributed by atoms with Crippen LogP contribution in [-0.4, -0.2) is 49.6 Å². The van der Waals surface area contributed by atoms with Gasteiger partial charge in [-0.1, -0.05) is 26.0 Å². The molecule has 144 valence electrons. The monoisotopic (exact) mass is 387 g/mol. The molecule has 1 aliphatic rings. The maximum atomic E-state index is 11.6. The van der Waals surface area contributed by atoms with E-state index in [1.54, 1.807) is 11.8 Å². The fourth-order valence-corrected chi connectivity index (χ4v) is 4.09. The summed E-state index contributed by atoms with van der Waals surface area (Å²) in [7, 11) is 4.16. The van der Waals surface area contributed by atoms with E-state index in [1.807, 2.05) is 0 Å². The van der Waals surface area contributed by atoms with Crippen LogP contribution in [0, 0.1) is 11.8 Å². The smallest absolute Gasteiger partial charge is 0.0939 e. The van der Waals surface area contributed by atoms with Crippen molar-refractivity contribution < 1.29 is 9.84 Å². The molecule has 0 aliphatic heterocycles. The SMILES string of the molecule is CSc1cccc(C2(O)CCC(OCC(C)C)CC2CN(C)C)c1.Cl. The zero-order chi connectivity index (χ0) is 17.7. The maximum absolute atomic E-state index is 11.6. The van der Waals surface area contributed by atoms with Gasteiger partial charge in [0, 0.05) is 24.0 Å². The lowest BCUT2D eigenvalue weighted by atomic mass is 9.70. The van der Waals surface area contributed by atoms with E-state index in [2.05, 4.69) is 63.4 Å². The van der Waals surface area contributed by atoms with Gasteiger partial charge >= 0.3 is 0 Å². The number of aliphatic hydroxyl groups is 1. The van der Waals surface area contributed by atoms with Crippen molar-refractivity contribution in [3.05, 3.63) is 29.8 Å². The summed E-state index contributed by atoms with van der Waals surface area (Å²) in [5.74, 6) is 0.742. The molecular formula is C20H34ClNO2S. The minimum absolute atomic E-state index is 0. The van der Waals surface area contributed by atoms with Crippen LogP contribution in [0.4, 0.5) is 0 Å². The maximum Gasteiger partial charge on any atom is 0.0939 e. The minimum atomic E-state index is -0.756. The van der Waals surface area contributed by atoms with Crippen LogP contribution >= 0.6 is 24.2 Å². The molecule has 0 heterocycles. The third kappa shape index (κ3) is 6.14. The van der Waals surface area contributed by atoms with E-state index < -0.39 is 5.60 Å². The first-order chi connectivity index (χ1) is 11.3. The molecule has 0 radical (unpaired) electrons. The minimum Gasteiger partial charge on any atom is -0.385 e. The van der Waals surface area contributed by atoms with E-state index in [0.717, 1.165) is 38.0 Å². The van der Waals surface area contributed by atoms with Gasteiger partial charge < -0.3 is 14.7 Å². The molecule has 1 N–H and O–H groups in total. The molecule has 1 aromatic carbocycles. The van der Waals surface area contributed by atoms with E-state index in [-0.39, 0.29) is 24.4 Å². The molecule has 3 unspecified atom stereocenters. The van der Waals surface area contributed by atoms with Crippen LogP contribution in [0.15, 0.2) is 29.2 Å². The Balaban J connectivity index is 0.00000312. The van der Waals surface area contributed by atoms with Crippen LogP contribution in [0.1, 0.15) is 38.7 Å². The molecule has 0 spiro atoms. The molecule has 0 amide bonds. The number of benzene rings is 1. The highest BCUT2D eigenvalue weighted by Gasteiger charge is 2.43. The van der Waals surface area contributed by atoms with E-state index >= 15 is 0 Å². The lowest BCUT2D eigenvalue weighted by Crippen LogP contribution is -2.47. The van der Waals surface area contributed by atoms with Crippen molar-refractivity contribution >= 4 is 24.2 Å². The van der Waals surface area contributed by atoms with Gasteiger partial charge in [0.1, 0.15) is 0 Å². The first kappa shape index (κ1) is 22.8.